The largest absolute Gasteiger partial charge is 0.497 e. The normalized spacial score (nSPS) is 10.0. The van der Waals surface area contributed by atoms with E-state index in [9.17, 15) is 4.79 Å². The molecule has 6 heteroatoms. The molecule has 0 spiro atoms. The molecule has 0 bridgehead atoms. The average Bonchev–Trinajstić information content (AvgIpc) is 2.59. The lowest BCUT2D eigenvalue weighted by Crippen LogP contribution is -2.35. The maximum absolute atomic E-state index is 11.8. The molecule has 2 aromatic rings. The minimum atomic E-state index is -0.548. The zero-order valence-electron chi connectivity index (χ0n) is 13.4. The number of urea groups is 1. The van der Waals surface area contributed by atoms with E-state index in [0.717, 1.165) is 5.56 Å². The summed E-state index contributed by atoms with van der Waals surface area (Å²) in [5.41, 5.74) is 7.02. The van der Waals surface area contributed by atoms with Gasteiger partial charge in [0.2, 0.25) is 0 Å². The molecule has 0 unspecified atom stereocenters. The Balaban J connectivity index is 2.30. The van der Waals surface area contributed by atoms with Gasteiger partial charge < -0.3 is 19.9 Å². The van der Waals surface area contributed by atoms with Crippen LogP contribution in [0, 0.1) is 0 Å². The standard InChI is InChI=1S/C17H20N2O4/c1-21-14-8-5-13(6-9-14)19(17(18)20)11-12-4-7-15(22-2)10-16(12)23-3/h4-10H,11H2,1-3H3,(H2,18,20). The van der Waals surface area contributed by atoms with E-state index in [2.05, 4.69) is 0 Å². The van der Waals surface area contributed by atoms with Crippen molar-refractivity contribution in [2.75, 3.05) is 26.2 Å². The zero-order chi connectivity index (χ0) is 16.8. The summed E-state index contributed by atoms with van der Waals surface area (Å²) in [6.07, 6.45) is 0. The van der Waals surface area contributed by atoms with Gasteiger partial charge in [-0.2, -0.15) is 0 Å². The van der Waals surface area contributed by atoms with Gasteiger partial charge in [0.25, 0.3) is 0 Å². The number of carbonyl (C=O) groups excluding carboxylic acids is 1. The second kappa shape index (κ2) is 7.40. The number of carbonyl (C=O) groups is 1. The van der Waals surface area contributed by atoms with E-state index in [-0.39, 0.29) is 6.54 Å². The number of ether oxygens (including phenoxy) is 3. The van der Waals surface area contributed by atoms with Gasteiger partial charge in [-0.15, -0.1) is 0 Å². The van der Waals surface area contributed by atoms with Crippen LogP contribution in [0.5, 0.6) is 17.2 Å². The monoisotopic (exact) mass is 316 g/mol. The summed E-state index contributed by atoms with van der Waals surface area (Å²) in [6, 6.07) is 12.0. The Bertz CT molecular complexity index is 671. The molecule has 0 aromatic heterocycles. The minimum absolute atomic E-state index is 0.287. The molecule has 2 amide bonds. The van der Waals surface area contributed by atoms with Crippen molar-refractivity contribution in [1.82, 2.24) is 0 Å². The Kier molecular flexibility index (Phi) is 5.30. The number of amides is 2. The topological polar surface area (TPSA) is 74.0 Å². The van der Waals surface area contributed by atoms with Crippen LogP contribution in [0.25, 0.3) is 0 Å². The predicted molar refractivity (Wildman–Crippen MR) is 88.3 cm³/mol. The van der Waals surface area contributed by atoms with Crippen molar-refractivity contribution in [2.45, 2.75) is 6.54 Å². The lowest BCUT2D eigenvalue weighted by Gasteiger charge is -2.22. The van der Waals surface area contributed by atoms with Crippen LogP contribution >= 0.6 is 0 Å². The first-order valence-electron chi connectivity index (χ1n) is 7.01. The summed E-state index contributed by atoms with van der Waals surface area (Å²) in [6.45, 7) is 0.287. The molecule has 0 heterocycles. The van der Waals surface area contributed by atoms with E-state index < -0.39 is 6.03 Å². The smallest absolute Gasteiger partial charge is 0.319 e. The van der Waals surface area contributed by atoms with Crippen LogP contribution < -0.4 is 24.8 Å². The van der Waals surface area contributed by atoms with Crippen molar-refractivity contribution in [1.29, 1.82) is 0 Å². The zero-order valence-corrected chi connectivity index (χ0v) is 13.4. The number of hydrogen-bond donors (Lipinski definition) is 1. The van der Waals surface area contributed by atoms with Gasteiger partial charge in [0, 0.05) is 17.3 Å². The van der Waals surface area contributed by atoms with E-state index in [1.165, 1.54) is 4.90 Å². The first-order valence-corrected chi connectivity index (χ1v) is 7.01. The molecule has 6 nitrogen and oxygen atoms in total. The van der Waals surface area contributed by atoms with E-state index in [4.69, 9.17) is 19.9 Å². The summed E-state index contributed by atoms with van der Waals surface area (Å²) in [4.78, 5) is 13.3. The molecule has 0 radical (unpaired) electrons. The van der Waals surface area contributed by atoms with Crippen LogP contribution in [0.3, 0.4) is 0 Å². The van der Waals surface area contributed by atoms with Crippen molar-refractivity contribution in [3.8, 4) is 17.2 Å². The molecule has 23 heavy (non-hydrogen) atoms. The number of anilines is 1. The van der Waals surface area contributed by atoms with Crippen molar-refractivity contribution in [2.24, 2.45) is 5.73 Å². The highest BCUT2D eigenvalue weighted by Crippen LogP contribution is 2.28. The Labute approximate surface area is 135 Å². The van der Waals surface area contributed by atoms with Gasteiger partial charge in [-0.25, -0.2) is 4.79 Å². The number of hydrogen-bond acceptors (Lipinski definition) is 4. The first-order chi connectivity index (χ1) is 11.1. The molecule has 0 fully saturated rings. The lowest BCUT2D eigenvalue weighted by atomic mass is 10.1. The van der Waals surface area contributed by atoms with Crippen LogP contribution in [0.1, 0.15) is 5.56 Å². The fourth-order valence-electron chi connectivity index (χ4n) is 2.21. The van der Waals surface area contributed by atoms with E-state index in [1.807, 2.05) is 12.1 Å². The van der Waals surface area contributed by atoms with Crippen LogP contribution in [0.2, 0.25) is 0 Å². The van der Waals surface area contributed by atoms with Crippen molar-refractivity contribution in [3.63, 3.8) is 0 Å². The Morgan fingerprint density at radius 2 is 1.57 bits per heavy atom. The van der Waals surface area contributed by atoms with Crippen molar-refractivity contribution >= 4 is 11.7 Å². The second-order valence-corrected chi connectivity index (χ2v) is 4.80. The summed E-state index contributed by atoms with van der Waals surface area (Å²) >= 11 is 0. The molecule has 0 aliphatic carbocycles. The van der Waals surface area contributed by atoms with Gasteiger partial charge >= 0.3 is 6.03 Å². The Hall–Kier alpha value is -2.89. The molecule has 0 aliphatic rings. The quantitative estimate of drug-likeness (QED) is 0.889. The molecular weight excluding hydrogens is 296 g/mol. The summed E-state index contributed by atoms with van der Waals surface area (Å²) in [5.74, 6) is 2.02. The highest BCUT2D eigenvalue weighted by molar-refractivity contribution is 5.90. The summed E-state index contributed by atoms with van der Waals surface area (Å²) in [5, 5.41) is 0. The number of nitrogens with zero attached hydrogens (tertiary/aromatic N) is 1. The van der Waals surface area contributed by atoms with Crippen LogP contribution in [0.4, 0.5) is 10.5 Å². The molecule has 0 saturated carbocycles. The fraction of sp³-hybridized carbons (Fsp3) is 0.235. The van der Waals surface area contributed by atoms with E-state index >= 15 is 0 Å². The van der Waals surface area contributed by atoms with E-state index in [1.54, 1.807) is 51.7 Å². The minimum Gasteiger partial charge on any atom is -0.497 e. The molecule has 2 rings (SSSR count). The van der Waals surface area contributed by atoms with Crippen molar-refractivity contribution < 1.29 is 19.0 Å². The fourth-order valence-corrected chi connectivity index (χ4v) is 2.21. The van der Waals surface area contributed by atoms with Gasteiger partial charge in [0.15, 0.2) is 0 Å². The molecule has 0 aliphatic heterocycles. The third-order valence-corrected chi connectivity index (χ3v) is 3.47. The molecule has 0 atom stereocenters. The molecule has 2 aromatic carbocycles. The van der Waals surface area contributed by atoms with Crippen LogP contribution in [0.15, 0.2) is 42.5 Å². The van der Waals surface area contributed by atoms with E-state index in [0.29, 0.717) is 22.9 Å². The average molecular weight is 316 g/mol. The number of primary amides is 1. The van der Waals surface area contributed by atoms with Gasteiger partial charge in [0.05, 0.1) is 27.9 Å². The van der Waals surface area contributed by atoms with Gasteiger partial charge in [-0.3, -0.25) is 4.90 Å². The SMILES string of the molecule is COc1ccc(N(Cc2ccc(OC)cc2OC)C(N)=O)cc1. The molecular formula is C17H20N2O4. The lowest BCUT2D eigenvalue weighted by molar-refractivity contribution is 0.253. The van der Waals surface area contributed by atoms with Crippen LogP contribution in [-0.4, -0.2) is 27.4 Å². The highest BCUT2D eigenvalue weighted by atomic mass is 16.5. The molecule has 2 N–H and O–H groups in total. The van der Waals surface area contributed by atoms with Gasteiger partial charge in [-0.05, 0) is 36.4 Å². The number of methoxy groups -OCH3 is 3. The molecule has 122 valence electrons. The Morgan fingerprint density at radius 1 is 0.957 bits per heavy atom. The maximum atomic E-state index is 11.8. The van der Waals surface area contributed by atoms with Gasteiger partial charge in [0.1, 0.15) is 17.2 Å². The second-order valence-electron chi connectivity index (χ2n) is 4.80. The predicted octanol–water partition coefficient (Wildman–Crippen LogP) is 2.80. The summed E-state index contributed by atoms with van der Waals surface area (Å²) < 4.78 is 15.7. The number of nitrogens with two attached hydrogens (primary N) is 1. The van der Waals surface area contributed by atoms with Crippen molar-refractivity contribution in [3.05, 3.63) is 48.0 Å². The third kappa shape index (κ3) is 3.85. The highest BCUT2D eigenvalue weighted by Gasteiger charge is 2.16. The van der Waals surface area contributed by atoms with Crippen LogP contribution in [-0.2, 0) is 6.54 Å². The third-order valence-electron chi connectivity index (χ3n) is 3.47. The number of rotatable bonds is 6. The summed E-state index contributed by atoms with van der Waals surface area (Å²) in [7, 11) is 4.74. The maximum Gasteiger partial charge on any atom is 0.319 e. The van der Waals surface area contributed by atoms with Gasteiger partial charge in [-0.1, -0.05) is 0 Å². The first kappa shape index (κ1) is 16.5. The Morgan fingerprint density at radius 3 is 2.09 bits per heavy atom. The molecule has 0 saturated heterocycles. The number of benzene rings is 2.